The van der Waals surface area contributed by atoms with Crippen LogP contribution >= 0.6 is 11.6 Å². The fraction of sp³-hybridized carbons (Fsp3) is 0.0667. The van der Waals surface area contributed by atoms with Crippen LogP contribution in [0.15, 0.2) is 53.6 Å². The Labute approximate surface area is 127 Å². The van der Waals surface area contributed by atoms with E-state index in [9.17, 15) is 9.90 Å². The molecule has 0 bridgehead atoms. The molecule has 0 saturated heterocycles. The number of aromatic hydroxyl groups is 1. The number of carbonyl (C=O) groups is 1. The number of halogens is 1. The molecule has 1 amide bonds. The Morgan fingerprint density at radius 1 is 1.24 bits per heavy atom. The van der Waals surface area contributed by atoms with Gasteiger partial charge in [-0.2, -0.15) is 5.10 Å². The van der Waals surface area contributed by atoms with Crippen molar-refractivity contribution < 1.29 is 9.90 Å². The van der Waals surface area contributed by atoms with Crippen molar-refractivity contribution in [1.82, 2.24) is 5.43 Å². The van der Waals surface area contributed by atoms with E-state index >= 15 is 0 Å². The molecule has 0 unspecified atom stereocenters. The second-order valence-electron chi connectivity index (χ2n) is 4.22. The van der Waals surface area contributed by atoms with Crippen molar-refractivity contribution in [2.24, 2.45) is 5.10 Å². The third-order valence-corrected chi connectivity index (χ3v) is 2.92. The van der Waals surface area contributed by atoms with Crippen LogP contribution < -0.4 is 10.7 Å². The lowest BCUT2D eigenvalue weighted by atomic mass is 10.2. The number of anilines is 1. The third-order valence-electron chi connectivity index (χ3n) is 2.59. The number of nitrogens with zero attached hydrogens (tertiary/aromatic N) is 1. The Bertz CT molecular complexity index is 659. The summed E-state index contributed by atoms with van der Waals surface area (Å²) >= 11 is 5.96. The van der Waals surface area contributed by atoms with Gasteiger partial charge in [-0.05, 0) is 29.8 Å². The van der Waals surface area contributed by atoms with Crippen molar-refractivity contribution in [2.75, 3.05) is 11.9 Å². The predicted octanol–water partition coefficient (Wildman–Crippen LogP) is 2.61. The number of phenolic OH excluding ortho intramolecular Hbond substituents is 1. The summed E-state index contributed by atoms with van der Waals surface area (Å²) in [7, 11) is 0. The van der Waals surface area contributed by atoms with Crippen molar-refractivity contribution in [3.05, 3.63) is 59.1 Å². The van der Waals surface area contributed by atoms with Crippen molar-refractivity contribution in [3.8, 4) is 5.75 Å². The molecule has 0 heterocycles. The second-order valence-corrected chi connectivity index (χ2v) is 4.63. The van der Waals surface area contributed by atoms with Crippen molar-refractivity contribution >= 4 is 29.4 Å². The number of benzene rings is 2. The zero-order valence-electron chi connectivity index (χ0n) is 11.1. The number of hydrazone groups is 1. The highest BCUT2D eigenvalue weighted by Crippen LogP contribution is 2.19. The molecule has 3 N–H and O–H groups in total. The first-order chi connectivity index (χ1) is 10.1. The maximum atomic E-state index is 11.6. The number of nitrogens with one attached hydrogen (secondary N) is 2. The molecule has 0 fully saturated rings. The van der Waals surface area contributed by atoms with Gasteiger partial charge in [0.2, 0.25) is 0 Å². The van der Waals surface area contributed by atoms with Gasteiger partial charge in [-0.15, -0.1) is 0 Å². The van der Waals surface area contributed by atoms with E-state index in [-0.39, 0.29) is 18.2 Å². The molecule has 2 rings (SSSR count). The molecular formula is C15H14ClN3O2. The van der Waals surface area contributed by atoms with Crippen LogP contribution in [-0.4, -0.2) is 23.8 Å². The molecule has 0 aliphatic heterocycles. The van der Waals surface area contributed by atoms with E-state index in [1.807, 2.05) is 12.1 Å². The summed E-state index contributed by atoms with van der Waals surface area (Å²) in [4.78, 5) is 11.6. The SMILES string of the molecule is O=C(CNc1ccccc1Cl)N/N=C\c1cccc(O)c1. The average molecular weight is 304 g/mol. The van der Waals surface area contributed by atoms with Gasteiger partial charge in [-0.25, -0.2) is 5.43 Å². The third kappa shape index (κ3) is 4.81. The maximum absolute atomic E-state index is 11.6. The van der Waals surface area contributed by atoms with E-state index in [1.165, 1.54) is 12.3 Å². The number of para-hydroxylation sites is 1. The van der Waals surface area contributed by atoms with Crippen molar-refractivity contribution in [3.63, 3.8) is 0 Å². The predicted molar refractivity (Wildman–Crippen MR) is 83.8 cm³/mol. The largest absolute Gasteiger partial charge is 0.508 e. The monoisotopic (exact) mass is 303 g/mol. The van der Waals surface area contributed by atoms with E-state index in [2.05, 4.69) is 15.8 Å². The van der Waals surface area contributed by atoms with E-state index in [0.29, 0.717) is 16.3 Å². The molecule has 108 valence electrons. The van der Waals surface area contributed by atoms with Gasteiger partial charge < -0.3 is 10.4 Å². The quantitative estimate of drug-likeness (QED) is 0.587. The lowest BCUT2D eigenvalue weighted by molar-refractivity contribution is -0.119. The molecular weight excluding hydrogens is 290 g/mol. The number of carbonyl (C=O) groups excluding carboxylic acids is 1. The van der Waals surface area contributed by atoms with Crippen LogP contribution in [0, 0.1) is 0 Å². The van der Waals surface area contributed by atoms with Crippen LogP contribution in [0.4, 0.5) is 5.69 Å². The zero-order chi connectivity index (χ0) is 15.1. The van der Waals surface area contributed by atoms with E-state index in [1.54, 1.807) is 30.3 Å². The van der Waals surface area contributed by atoms with Crippen molar-refractivity contribution in [1.29, 1.82) is 0 Å². The van der Waals surface area contributed by atoms with Crippen LogP contribution in [0.25, 0.3) is 0 Å². The summed E-state index contributed by atoms with van der Waals surface area (Å²) in [5, 5.41) is 16.6. The number of rotatable bonds is 5. The first-order valence-electron chi connectivity index (χ1n) is 6.24. The molecule has 6 heteroatoms. The van der Waals surface area contributed by atoms with Crippen LogP contribution in [0.2, 0.25) is 5.02 Å². The maximum Gasteiger partial charge on any atom is 0.259 e. The highest BCUT2D eigenvalue weighted by atomic mass is 35.5. The van der Waals surface area contributed by atoms with E-state index in [4.69, 9.17) is 11.6 Å². The Balaban J connectivity index is 1.81. The molecule has 2 aromatic carbocycles. The molecule has 0 saturated carbocycles. The fourth-order valence-corrected chi connectivity index (χ4v) is 1.81. The minimum absolute atomic E-state index is 0.0567. The molecule has 5 nitrogen and oxygen atoms in total. The fourth-order valence-electron chi connectivity index (χ4n) is 1.60. The Kier molecular flexibility index (Phi) is 5.17. The lowest BCUT2D eigenvalue weighted by Crippen LogP contribution is -2.25. The first kappa shape index (κ1) is 14.9. The van der Waals surface area contributed by atoms with Gasteiger partial charge in [-0.1, -0.05) is 35.9 Å². The lowest BCUT2D eigenvalue weighted by Gasteiger charge is -2.06. The van der Waals surface area contributed by atoms with Gasteiger partial charge in [-0.3, -0.25) is 4.79 Å². The molecule has 0 radical (unpaired) electrons. The highest BCUT2D eigenvalue weighted by Gasteiger charge is 2.02. The van der Waals surface area contributed by atoms with Crippen LogP contribution in [-0.2, 0) is 4.79 Å². The summed E-state index contributed by atoms with van der Waals surface area (Å²) in [5.74, 6) is -0.156. The number of phenols is 1. The van der Waals surface area contributed by atoms with Gasteiger partial charge in [0.05, 0.1) is 23.5 Å². The van der Waals surface area contributed by atoms with E-state index in [0.717, 1.165) is 0 Å². The second kappa shape index (κ2) is 7.31. The van der Waals surface area contributed by atoms with Gasteiger partial charge >= 0.3 is 0 Å². The molecule has 0 aliphatic rings. The standard InChI is InChI=1S/C15H14ClN3O2/c16-13-6-1-2-7-14(13)17-10-15(21)19-18-9-11-4-3-5-12(20)8-11/h1-9,17,20H,10H2,(H,19,21)/b18-9-. The minimum atomic E-state index is -0.300. The molecule has 2 aromatic rings. The molecule has 0 aromatic heterocycles. The molecule has 0 aliphatic carbocycles. The average Bonchev–Trinajstić information content (AvgIpc) is 2.46. The van der Waals surface area contributed by atoms with Gasteiger partial charge in [0.1, 0.15) is 5.75 Å². The smallest absolute Gasteiger partial charge is 0.259 e. The Morgan fingerprint density at radius 3 is 2.81 bits per heavy atom. The summed E-state index contributed by atoms with van der Waals surface area (Å²) in [6.45, 7) is 0.0567. The molecule has 0 spiro atoms. The van der Waals surface area contributed by atoms with Gasteiger partial charge in [0.15, 0.2) is 0 Å². The number of hydrogen-bond donors (Lipinski definition) is 3. The van der Waals surface area contributed by atoms with Crippen LogP contribution in [0.5, 0.6) is 5.75 Å². The summed E-state index contributed by atoms with van der Waals surface area (Å²) in [6.07, 6.45) is 1.45. The summed E-state index contributed by atoms with van der Waals surface area (Å²) in [6, 6.07) is 13.7. The number of amides is 1. The normalized spacial score (nSPS) is 10.5. The van der Waals surface area contributed by atoms with E-state index < -0.39 is 0 Å². The summed E-state index contributed by atoms with van der Waals surface area (Å²) in [5.41, 5.74) is 3.76. The summed E-state index contributed by atoms with van der Waals surface area (Å²) < 4.78 is 0. The minimum Gasteiger partial charge on any atom is -0.508 e. The molecule has 21 heavy (non-hydrogen) atoms. The zero-order valence-corrected chi connectivity index (χ0v) is 11.8. The highest BCUT2D eigenvalue weighted by molar-refractivity contribution is 6.33. The first-order valence-corrected chi connectivity index (χ1v) is 6.62. The van der Waals surface area contributed by atoms with Gasteiger partial charge in [0, 0.05) is 0 Å². The van der Waals surface area contributed by atoms with Crippen LogP contribution in [0.3, 0.4) is 0 Å². The number of hydrogen-bond acceptors (Lipinski definition) is 4. The van der Waals surface area contributed by atoms with Crippen LogP contribution in [0.1, 0.15) is 5.56 Å². The Hall–Kier alpha value is -2.53. The Morgan fingerprint density at radius 2 is 2.05 bits per heavy atom. The molecule has 0 atom stereocenters. The van der Waals surface area contributed by atoms with Crippen molar-refractivity contribution in [2.45, 2.75) is 0 Å². The van der Waals surface area contributed by atoms with Gasteiger partial charge in [0.25, 0.3) is 5.91 Å². The topological polar surface area (TPSA) is 73.7 Å².